The second-order valence-corrected chi connectivity index (χ2v) is 20.3. The summed E-state index contributed by atoms with van der Waals surface area (Å²) in [7, 11) is -3.93. The molecule has 17 heteroatoms. The van der Waals surface area contributed by atoms with Crippen molar-refractivity contribution < 1.29 is 41.5 Å². The lowest BCUT2D eigenvalue weighted by Gasteiger charge is -2.30. The Balaban J connectivity index is 1.15. The SMILES string of the molecule is Cc1ccc(-c2nc(O[C@@H]3C[C@H]4C(=O)N[C@]5(C(=O)NS(=O)(=O)C6CC6)C[C@@H]5/C=C\CCCCC[C@H](NC(=O)OC(C)(C)C)C(=O)N4C3)c3sc4ccc(F)cc4c3n2)cc1. The molecule has 4 heterocycles. The third kappa shape index (κ3) is 8.83. The molecule has 3 N–H and O–H groups in total. The van der Waals surface area contributed by atoms with Gasteiger partial charge in [-0.15, -0.1) is 11.3 Å². The van der Waals surface area contributed by atoms with Crippen LogP contribution in [0.5, 0.6) is 5.88 Å². The molecule has 0 spiro atoms. The number of halogens is 1. The summed E-state index contributed by atoms with van der Waals surface area (Å²) in [6.07, 6.45) is 6.28. The largest absolute Gasteiger partial charge is 0.471 e. The molecule has 0 radical (unpaired) electrons. The van der Waals surface area contributed by atoms with Crippen LogP contribution in [0, 0.1) is 18.7 Å². The Kier molecular flexibility index (Phi) is 11.1. The van der Waals surface area contributed by atoms with E-state index in [2.05, 4.69) is 15.4 Å². The van der Waals surface area contributed by atoms with Crippen molar-refractivity contribution in [3.05, 3.63) is 66.0 Å². The molecule has 2 aliphatic heterocycles. The standard InChI is InChI=1S/C43H49FN6O8S2/c1-24-12-14-25(15-13-24)36-46-34-30-20-27(44)16-19-33(30)59-35(34)38(47-36)57-28-21-32-37(51)48-43(40(53)49-60(55,56)29-17-18-29)22-26(43)10-8-6-5-7-9-11-31(39(52)50(32)23-28)45-41(54)58-42(2,3)4/h8,10,12-16,19-20,26,28-29,31-32H,5-7,9,11,17-18,21-23H2,1-4H3,(H,45,54)(H,48,51)(H,49,53)/b10-8-/t26-,28+,31-,32-,43+/m0/s1. The number of benzene rings is 2. The van der Waals surface area contributed by atoms with E-state index in [-0.39, 0.29) is 31.7 Å². The van der Waals surface area contributed by atoms with Gasteiger partial charge in [0.2, 0.25) is 27.7 Å². The van der Waals surface area contributed by atoms with Crippen molar-refractivity contribution in [2.24, 2.45) is 5.92 Å². The fraction of sp³-hybridized carbons (Fsp3) is 0.488. The molecular formula is C43H49FN6O8S2. The quantitative estimate of drug-likeness (QED) is 0.181. The summed E-state index contributed by atoms with van der Waals surface area (Å²) in [6.45, 7) is 7.03. The number of sulfonamides is 1. The maximum atomic E-state index is 14.7. The van der Waals surface area contributed by atoms with Crippen molar-refractivity contribution in [2.75, 3.05) is 6.54 Å². The van der Waals surface area contributed by atoms with E-state index in [0.29, 0.717) is 52.7 Å². The number of aromatic nitrogens is 2. The number of alkyl carbamates (subject to hydrolysis) is 1. The number of allylic oxidation sites excluding steroid dienone is 1. The van der Waals surface area contributed by atoms with Gasteiger partial charge in [0.05, 0.1) is 17.3 Å². The van der Waals surface area contributed by atoms with Crippen LogP contribution in [-0.2, 0) is 29.1 Å². The molecule has 3 fully saturated rings. The molecular weight excluding hydrogens is 812 g/mol. The minimum absolute atomic E-state index is 0.0276. The van der Waals surface area contributed by atoms with Gasteiger partial charge >= 0.3 is 6.09 Å². The highest BCUT2D eigenvalue weighted by molar-refractivity contribution is 7.91. The molecule has 318 valence electrons. The van der Waals surface area contributed by atoms with E-state index in [1.807, 2.05) is 43.3 Å². The third-order valence-electron chi connectivity index (χ3n) is 11.4. The van der Waals surface area contributed by atoms with Gasteiger partial charge in [-0.25, -0.2) is 22.6 Å². The van der Waals surface area contributed by atoms with Gasteiger partial charge in [0, 0.05) is 28.0 Å². The summed E-state index contributed by atoms with van der Waals surface area (Å²) < 4.78 is 56.2. The molecule has 8 rings (SSSR count). The zero-order chi connectivity index (χ0) is 42.6. The van der Waals surface area contributed by atoms with Crippen LogP contribution in [0.4, 0.5) is 9.18 Å². The van der Waals surface area contributed by atoms with Crippen LogP contribution in [0.1, 0.15) is 84.1 Å². The zero-order valence-corrected chi connectivity index (χ0v) is 35.6. The first-order valence-electron chi connectivity index (χ1n) is 20.5. The second kappa shape index (κ2) is 16.0. The van der Waals surface area contributed by atoms with E-state index >= 15 is 0 Å². The second-order valence-electron chi connectivity index (χ2n) is 17.3. The van der Waals surface area contributed by atoms with Gasteiger partial charge < -0.3 is 25.0 Å². The molecule has 0 unspecified atom stereocenters. The number of ether oxygens (including phenoxy) is 2. The Labute approximate surface area is 351 Å². The van der Waals surface area contributed by atoms with E-state index in [9.17, 15) is 32.0 Å². The lowest BCUT2D eigenvalue weighted by molar-refractivity contribution is -0.141. The molecule has 0 bridgehead atoms. The van der Waals surface area contributed by atoms with E-state index in [4.69, 9.17) is 19.4 Å². The monoisotopic (exact) mass is 860 g/mol. The molecule has 2 aromatic carbocycles. The fourth-order valence-corrected chi connectivity index (χ4v) is 10.4. The number of aryl methyl sites for hydroxylation is 1. The molecule has 5 atom stereocenters. The summed E-state index contributed by atoms with van der Waals surface area (Å²) >= 11 is 1.33. The Morgan fingerprint density at radius 2 is 1.80 bits per heavy atom. The van der Waals surface area contributed by atoms with Gasteiger partial charge in [0.15, 0.2) is 5.82 Å². The average Bonchev–Trinajstić information content (AvgIpc) is 4.08. The first-order valence-corrected chi connectivity index (χ1v) is 22.8. The van der Waals surface area contributed by atoms with E-state index in [1.54, 1.807) is 26.8 Å². The average molecular weight is 861 g/mol. The zero-order valence-electron chi connectivity index (χ0n) is 34.0. The maximum Gasteiger partial charge on any atom is 0.408 e. The number of fused-ring (bicyclic) bond motifs is 5. The molecule has 4 aliphatic rings. The van der Waals surface area contributed by atoms with Crippen molar-refractivity contribution in [1.82, 2.24) is 30.2 Å². The number of hydrogen-bond donors (Lipinski definition) is 3. The summed E-state index contributed by atoms with van der Waals surface area (Å²) in [5.41, 5.74) is -0.164. The van der Waals surface area contributed by atoms with Crippen LogP contribution in [0.15, 0.2) is 54.6 Å². The first-order chi connectivity index (χ1) is 28.5. The van der Waals surface area contributed by atoms with E-state index in [0.717, 1.165) is 23.1 Å². The number of hydrogen-bond acceptors (Lipinski definition) is 11. The predicted octanol–water partition coefficient (Wildman–Crippen LogP) is 6.20. The number of nitrogens with one attached hydrogen (secondary N) is 3. The smallest absolute Gasteiger partial charge is 0.408 e. The number of carbonyl (C=O) groups excluding carboxylic acids is 4. The third-order valence-corrected chi connectivity index (χ3v) is 14.3. The number of carbonyl (C=O) groups is 4. The molecule has 2 aromatic heterocycles. The molecule has 4 amide bonds. The van der Waals surface area contributed by atoms with Crippen LogP contribution in [0.2, 0.25) is 0 Å². The van der Waals surface area contributed by atoms with Crippen molar-refractivity contribution in [3.8, 4) is 17.3 Å². The lowest BCUT2D eigenvalue weighted by Crippen LogP contribution is -2.58. The summed E-state index contributed by atoms with van der Waals surface area (Å²) in [5.74, 6) is -2.38. The van der Waals surface area contributed by atoms with E-state index < -0.39 is 80.2 Å². The van der Waals surface area contributed by atoms with Gasteiger partial charge in [-0.1, -0.05) is 54.8 Å². The number of amides is 4. The number of thiophene rings is 1. The van der Waals surface area contributed by atoms with Crippen molar-refractivity contribution in [3.63, 3.8) is 0 Å². The van der Waals surface area contributed by atoms with Gasteiger partial charge in [0.1, 0.15) is 39.8 Å². The van der Waals surface area contributed by atoms with Gasteiger partial charge in [-0.3, -0.25) is 19.1 Å². The summed E-state index contributed by atoms with van der Waals surface area (Å²) in [5, 5.41) is 5.56. The molecule has 1 saturated heterocycles. The van der Waals surface area contributed by atoms with Gasteiger partial charge in [-0.2, -0.15) is 4.98 Å². The Bertz CT molecular complexity index is 2500. The molecule has 4 aromatic rings. The van der Waals surface area contributed by atoms with E-state index in [1.165, 1.54) is 28.4 Å². The minimum atomic E-state index is -3.93. The Morgan fingerprint density at radius 3 is 2.53 bits per heavy atom. The van der Waals surface area contributed by atoms with Gasteiger partial charge in [0.25, 0.3) is 5.91 Å². The van der Waals surface area contributed by atoms with Crippen LogP contribution >= 0.6 is 11.3 Å². The number of rotatable bonds is 7. The van der Waals surface area contributed by atoms with Crippen LogP contribution in [-0.4, -0.2) is 88.2 Å². The fourth-order valence-electron chi connectivity index (χ4n) is 7.96. The number of nitrogens with zero attached hydrogens (tertiary/aromatic N) is 3. The van der Waals surface area contributed by atoms with Gasteiger partial charge in [-0.05, 0) is 84.4 Å². The van der Waals surface area contributed by atoms with Crippen LogP contribution < -0.4 is 20.1 Å². The summed E-state index contributed by atoms with van der Waals surface area (Å²) in [4.78, 5) is 67.3. The predicted molar refractivity (Wildman–Crippen MR) is 224 cm³/mol. The normalized spacial score (nSPS) is 25.6. The van der Waals surface area contributed by atoms with Crippen LogP contribution in [0.3, 0.4) is 0 Å². The van der Waals surface area contributed by atoms with Crippen LogP contribution in [0.25, 0.3) is 31.7 Å². The highest BCUT2D eigenvalue weighted by Crippen LogP contribution is 2.46. The lowest BCUT2D eigenvalue weighted by atomic mass is 10.0. The first kappa shape index (κ1) is 41.6. The minimum Gasteiger partial charge on any atom is -0.471 e. The molecule has 14 nitrogen and oxygen atoms in total. The van der Waals surface area contributed by atoms with Crippen molar-refractivity contribution >= 4 is 65.5 Å². The van der Waals surface area contributed by atoms with Crippen molar-refractivity contribution in [1.29, 1.82) is 0 Å². The highest BCUT2D eigenvalue weighted by atomic mass is 32.2. The topological polar surface area (TPSA) is 186 Å². The maximum absolute atomic E-state index is 14.7. The van der Waals surface area contributed by atoms with Crippen molar-refractivity contribution in [2.45, 2.75) is 120 Å². The molecule has 60 heavy (non-hydrogen) atoms. The Morgan fingerprint density at radius 1 is 1.03 bits per heavy atom. The molecule has 2 aliphatic carbocycles. The molecule has 2 saturated carbocycles. The summed E-state index contributed by atoms with van der Waals surface area (Å²) in [6, 6.07) is 9.83. The highest BCUT2D eigenvalue weighted by Gasteiger charge is 2.62. The Hall–Kier alpha value is -5.16.